The fourth-order valence-electron chi connectivity index (χ4n) is 2.76. The molecule has 0 saturated carbocycles. The molecule has 1 N–H and O–H groups in total. The lowest BCUT2D eigenvalue weighted by atomic mass is 10.1. The van der Waals surface area contributed by atoms with E-state index in [2.05, 4.69) is 4.90 Å². The molecule has 116 valence electrons. The normalized spacial score (nSPS) is 19.2. The number of nitrogens with zero attached hydrogens (tertiary/aromatic N) is 2. The van der Waals surface area contributed by atoms with Gasteiger partial charge in [0.1, 0.15) is 11.6 Å². The van der Waals surface area contributed by atoms with Gasteiger partial charge in [-0.15, -0.1) is 0 Å². The Hall–Kier alpha value is -1.53. The lowest BCUT2D eigenvalue weighted by Crippen LogP contribution is -2.35. The van der Waals surface area contributed by atoms with Crippen molar-refractivity contribution in [2.24, 2.45) is 0 Å². The third kappa shape index (κ3) is 4.22. The zero-order valence-corrected chi connectivity index (χ0v) is 12.1. The van der Waals surface area contributed by atoms with Crippen molar-refractivity contribution >= 4 is 5.97 Å². The molecule has 1 unspecified atom stereocenters. The van der Waals surface area contributed by atoms with Gasteiger partial charge in [-0.05, 0) is 19.4 Å². The predicted molar refractivity (Wildman–Crippen MR) is 75.0 cm³/mol. The highest BCUT2D eigenvalue weighted by molar-refractivity contribution is 5.69. The van der Waals surface area contributed by atoms with Crippen LogP contribution in [0.2, 0.25) is 0 Å². The first-order chi connectivity index (χ1) is 9.97. The monoisotopic (exact) mass is 298 g/mol. The van der Waals surface area contributed by atoms with E-state index in [-0.39, 0.29) is 12.6 Å². The Kier molecular flexibility index (Phi) is 5.25. The van der Waals surface area contributed by atoms with Crippen molar-refractivity contribution in [2.45, 2.75) is 19.4 Å². The van der Waals surface area contributed by atoms with E-state index in [1.54, 1.807) is 0 Å². The first-order valence-corrected chi connectivity index (χ1v) is 7.10. The maximum absolute atomic E-state index is 13.9. The molecule has 6 heteroatoms. The zero-order valence-electron chi connectivity index (χ0n) is 12.1. The average Bonchev–Trinajstić information content (AvgIpc) is 2.63. The molecule has 1 saturated heterocycles. The number of carboxylic acid groups (broad SMARTS) is 1. The summed E-state index contributed by atoms with van der Waals surface area (Å²) in [4.78, 5) is 14.7. The number of halogens is 2. The fraction of sp³-hybridized carbons (Fsp3) is 0.533. The molecular formula is C15H20F2N2O2. The molecule has 1 fully saturated rings. The van der Waals surface area contributed by atoms with E-state index in [1.165, 1.54) is 12.1 Å². The summed E-state index contributed by atoms with van der Waals surface area (Å²) in [5.41, 5.74) is 0.475. The van der Waals surface area contributed by atoms with Crippen molar-refractivity contribution in [2.75, 3.05) is 32.7 Å². The Labute approximate surface area is 123 Å². The van der Waals surface area contributed by atoms with Crippen LogP contribution in [0.5, 0.6) is 0 Å². The molecule has 0 bridgehead atoms. The maximum atomic E-state index is 13.9. The molecule has 1 aromatic carbocycles. The summed E-state index contributed by atoms with van der Waals surface area (Å²) >= 11 is 0. The first kappa shape index (κ1) is 15.9. The van der Waals surface area contributed by atoms with Gasteiger partial charge in [-0.1, -0.05) is 6.07 Å². The number of hydrogen-bond donors (Lipinski definition) is 1. The maximum Gasteiger partial charge on any atom is 0.317 e. The van der Waals surface area contributed by atoms with E-state index in [9.17, 15) is 13.6 Å². The van der Waals surface area contributed by atoms with Crippen LogP contribution in [0, 0.1) is 11.6 Å². The molecule has 21 heavy (non-hydrogen) atoms. The molecule has 1 aliphatic heterocycles. The van der Waals surface area contributed by atoms with Gasteiger partial charge in [0.2, 0.25) is 0 Å². The number of hydrogen-bond acceptors (Lipinski definition) is 3. The number of carbonyl (C=O) groups is 1. The third-order valence-electron chi connectivity index (χ3n) is 3.94. The molecule has 0 amide bonds. The average molecular weight is 298 g/mol. The summed E-state index contributed by atoms with van der Waals surface area (Å²) in [6.07, 6.45) is 0.834. The number of carboxylic acids is 1. The topological polar surface area (TPSA) is 43.8 Å². The van der Waals surface area contributed by atoms with Gasteiger partial charge in [0, 0.05) is 43.9 Å². The van der Waals surface area contributed by atoms with Gasteiger partial charge in [0.25, 0.3) is 0 Å². The minimum absolute atomic E-state index is 0.0349. The quantitative estimate of drug-likeness (QED) is 0.925. The van der Waals surface area contributed by atoms with Crippen molar-refractivity contribution in [3.05, 3.63) is 35.4 Å². The van der Waals surface area contributed by atoms with Crippen molar-refractivity contribution in [3.8, 4) is 0 Å². The minimum Gasteiger partial charge on any atom is -0.480 e. The van der Waals surface area contributed by atoms with Crippen LogP contribution in [-0.2, 0) is 4.79 Å². The molecule has 1 aliphatic rings. The molecule has 2 rings (SSSR count). The predicted octanol–water partition coefficient (Wildman–Crippen LogP) is 2.12. The summed E-state index contributed by atoms with van der Waals surface area (Å²) in [6, 6.07) is 3.49. The van der Waals surface area contributed by atoms with Crippen molar-refractivity contribution in [1.29, 1.82) is 0 Å². The van der Waals surface area contributed by atoms with E-state index in [0.717, 1.165) is 25.6 Å². The molecule has 0 radical (unpaired) electrons. The Morgan fingerprint density at radius 1 is 1.29 bits per heavy atom. The van der Waals surface area contributed by atoms with Crippen LogP contribution in [0.25, 0.3) is 0 Å². The Bertz CT molecular complexity index is 510. The standard InChI is InChI=1S/C15H20F2N2O2/c1-11(13-4-3-12(16)9-14(13)17)19-6-2-5-18(7-8-19)10-15(20)21/h3-4,9,11H,2,5-8,10H2,1H3,(H,20,21). The molecule has 1 atom stereocenters. The largest absolute Gasteiger partial charge is 0.480 e. The van der Waals surface area contributed by atoms with Crippen LogP contribution < -0.4 is 0 Å². The summed E-state index contributed by atoms with van der Waals surface area (Å²) in [5.74, 6) is -1.94. The van der Waals surface area contributed by atoms with Crippen LogP contribution in [0.3, 0.4) is 0 Å². The van der Waals surface area contributed by atoms with Crippen molar-refractivity contribution < 1.29 is 18.7 Å². The van der Waals surface area contributed by atoms with E-state index in [4.69, 9.17) is 5.11 Å². The Morgan fingerprint density at radius 2 is 2.05 bits per heavy atom. The van der Waals surface area contributed by atoms with Crippen molar-refractivity contribution in [3.63, 3.8) is 0 Å². The van der Waals surface area contributed by atoms with Crippen molar-refractivity contribution in [1.82, 2.24) is 9.80 Å². The smallest absolute Gasteiger partial charge is 0.317 e. The van der Waals surface area contributed by atoms with Gasteiger partial charge in [0.15, 0.2) is 0 Å². The number of aliphatic carboxylic acids is 1. The Morgan fingerprint density at radius 3 is 2.71 bits per heavy atom. The summed E-state index contributed by atoms with van der Waals surface area (Å²) in [6.45, 7) is 4.73. The molecular weight excluding hydrogens is 278 g/mol. The van der Waals surface area contributed by atoms with Crippen LogP contribution >= 0.6 is 0 Å². The highest BCUT2D eigenvalue weighted by Crippen LogP contribution is 2.24. The second-order valence-electron chi connectivity index (χ2n) is 5.40. The molecule has 0 aromatic heterocycles. The summed E-state index contributed by atoms with van der Waals surface area (Å²) in [5, 5.41) is 8.83. The van der Waals surface area contributed by atoms with Gasteiger partial charge in [-0.3, -0.25) is 14.6 Å². The van der Waals surface area contributed by atoms with Gasteiger partial charge in [0.05, 0.1) is 6.54 Å². The van der Waals surface area contributed by atoms with Crippen LogP contribution in [0.4, 0.5) is 8.78 Å². The first-order valence-electron chi connectivity index (χ1n) is 7.10. The second-order valence-corrected chi connectivity index (χ2v) is 5.40. The van der Waals surface area contributed by atoms with Crippen LogP contribution in [0.15, 0.2) is 18.2 Å². The number of rotatable bonds is 4. The number of benzene rings is 1. The van der Waals surface area contributed by atoms with Gasteiger partial charge in [-0.25, -0.2) is 8.78 Å². The van der Waals surface area contributed by atoms with Gasteiger partial charge in [-0.2, -0.15) is 0 Å². The summed E-state index contributed by atoms with van der Waals surface area (Å²) in [7, 11) is 0. The molecule has 1 heterocycles. The zero-order chi connectivity index (χ0) is 15.4. The van der Waals surface area contributed by atoms with E-state index in [0.29, 0.717) is 18.7 Å². The van der Waals surface area contributed by atoms with Gasteiger partial charge >= 0.3 is 5.97 Å². The summed E-state index contributed by atoms with van der Waals surface area (Å²) < 4.78 is 26.8. The third-order valence-corrected chi connectivity index (χ3v) is 3.94. The minimum atomic E-state index is -0.832. The van der Waals surface area contributed by atoms with E-state index >= 15 is 0 Å². The Balaban J connectivity index is 2.02. The lowest BCUT2D eigenvalue weighted by Gasteiger charge is -2.28. The van der Waals surface area contributed by atoms with Gasteiger partial charge < -0.3 is 5.11 Å². The molecule has 0 aliphatic carbocycles. The van der Waals surface area contributed by atoms with E-state index in [1.807, 2.05) is 11.8 Å². The highest BCUT2D eigenvalue weighted by Gasteiger charge is 2.23. The van der Waals surface area contributed by atoms with Crippen LogP contribution in [-0.4, -0.2) is 53.6 Å². The SMILES string of the molecule is CC(c1ccc(F)cc1F)N1CCCN(CC(=O)O)CC1. The fourth-order valence-corrected chi connectivity index (χ4v) is 2.76. The highest BCUT2D eigenvalue weighted by atomic mass is 19.1. The molecule has 4 nitrogen and oxygen atoms in total. The lowest BCUT2D eigenvalue weighted by molar-refractivity contribution is -0.138. The van der Waals surface area contributed by atoms with E-state index < -0.39 is 17.6 Å². The molecule has 1 aromatic rings. The molecule has 0 spiro atoms. The van der Waals surface area contributed by atoms with Crippen LogP contribution in [0.1, 0.15) is 24.9 Å². The second kappa shape index (κ2) is 6.95.